The smallest absolute Gasteiger partial charge is 0.261 e. The summed E-state index contributed by atoms with van der Waals surface area (Å²) in [5.74, 6) is -1.61. The van der Waals surface area contributed by atoms with Gasteiger partial charge in [0.1, 0.15) is 0 Å². The molecule has 0 unspecified atom stereocenters. The number of amides is 5. The third-order valence-electron chi connectivity index (χ3n) is 10.5. The number of carbonyl (C=O) groups is 5. The van der Waals surface area contributed by atoms with Crippen molar-refractivity contribution in [1.82, 2.24) is 44.0 Å². The Labute approximate surface area is 316 Å². The number of rotatable bonds is 14. The molecule has 0 saturated carbocycles. The Morgan fingerprint density at radius 2 is 1.13 bits per heavy atom. The minimum atomic E-state index is -0.397. The van der Waals surface area contributed by atoms with Gasteiger partial charge in [-0.15, -0.1) is 0 Å². The lowest BCUT2D eigenvalue weighted by atomic mass is 9.93. The fourth-order valence-corrected chi connectivity index (χ4v) is 7.68. The standard InChI is InChI=1S/C41H39N9O5/c1-42-24-35(51)46(21-23-50-39(53)30-9-4-7-28-34(48-19-15-44-26-48)13-11-32(37(28)30)41(50)55)17-5-16-45(2)20-22-49-38(52)29-8-3-6-27-33(47-18-14-43-25-47)12-10-31(36(27)29)40(49)54/h3-4,6-15,18-19,25-26,42H,5,16-17,20-24H2,1-2H3. The van der Waals surface area contributed by atoms with E-state index in [0.29, 0.717) is 59.1 Å². The Balaban J connectivity index is 0.899. The van der Waals surface area contributed by atoms with Gasteiger partial charge in [-0.2, -0.15) is 0 Å². The van der Waals surface area contributed by atoms with E-state index in [1.165, 1.54) is 9.80 Å². The number of imide groups is 2. The quantitative estimate of drug-likeness (QED) is 0.166. The van der Waals surface area contributed by atoms with Crippen molar-refractivity contribution in [3.05, 3.63) is 120 Å². The first-order chi connectivity index (χ1) is 26.8. The van der Waals surface area contributed by atoms with Gasteiger partial charge >= 0.3 is 0 Å². The summed E-state index contributed by atoms with van der Waals surface area (Å²) in [6.45, 7) is 1.92. The molecule has 0 aliphatic carbocycles. The van der Waals surface area contributed by atoms with Crippen molar-refractivity contribution in [2.45, 2.75) is 6.42 Å². The van der Waals surface area contributed by atoms with Crippen LogP contribution >= 0.6 is 0 Å². The summed E-state index contributed by atoms with van der Waals surface area (Å²) in [6.07, 6.45) is 10.9. The normalized spacial score (nSPS) is 13.9. The van der Waals surface area contributed by atoms with Crippen molar-refractivity contribution >= 4 is 51.1 Å². The second-order valence-corrected chi connectivity index (χ2v) is 13.8. The average molecular weight is 738 g/mol. The zero-order valence-electron chi connectivity index (χ0n) is 30.5. The molecule has 0 spiro atoms. The molecule has 6 aromatic rings. The second kappa shape index (κ2) is 14.7. The molecule has 14 nitrogen and oxygen atoms in total. The van der Waals surface area contributed by atoms with E-state index in [-0.39, 0.29) is 43.9 Å². The highest BCUT2D eigenvalue weighted by Gasteiger charge is 2.35. The monoisotopic (exact) mass is 737 g/mol. The Morgan fingerprint density at radius 3 is 1.60 bits per heavy atom. The fourth-order valence-electron chi connectivity index (χ4n) is 7.68. The summed E-state index contributed by atoms with van der Waals surface area (Å²) >= 11 is 0. The highest BCUT2D eigenvalue weighted by atomic mass is 16.2. The topological polar surface area (TPSA) is 146 Å². The first kappa shape index (κ1) is 35.5. The van der Waals surface area contributed by atoms with Crippen molar-refractivity contribution in [2.24, 2.45) is 0 Å². The number of nitrogens with one attached hydrogen (secondary N) is 1. The van der Waals surface area contributed by atoms with Gasteiger partial charge < -0.3 is 24.3 Å². The Hall–Kier alpha value is -6.51. The number of likely N-dealkylation sites (N-methyl/N-ethyl adjacent to an activating group) is 2. The summed E-state index contributed by atoms with van der Waals surface area (Å²) in [5, 5.41) is 5.75. The molecule has 278 valence electrons. The lowest BCUT2D eigenvalue weighted by molar-refractivity contribution is -0.130. The van der Waals surface area contributed by atoms with E-state index in [0.717, 1.165) is 22.1 Å². The van der Waals surface area contributed by atoms with Crippen LogP contribution in [0.2, 0.25) is 0 Å². The molecule has 4 aromatic carbocycles. The molecule has 0 radical (unpaired) electrons. The number of imidazole rings is 2. The van der Waals surface area contributed by atoms with Gasteiger partial charge in [0.25, 0.3) is 23.6 Å². The number of benzene rings is 4. The lowest BCUT2D eigenvalue weighted by Gasteiger charge is -2.31. The minimum absolute atomic E-state index is 0.0410. The highest BCUT2D eigenvalue weighted by Crippen LogP contribution is 2.35. The molecule has 1 N–H and O–H groups in total. The van der Waals surface area contributed by atoms with Crippen molar-refractivity contribution in [3.8, 4) is 11.4 Å². The maximum absolute atomic E-state index is 13.8. The van der Waals surface area contributed by atoms with Gasteiger partial charge in [-0.3, -0.25) is 33.8 Å². The van der Waals surface area contributed by atoms with Gasteiger partial charge in [0.2, 0.25) is 5.91 Å². The zero-order chi connectivity index (χ0) is 38.2. The molecule has 8 rings (SSSR count). The summed E-state index contributed by atoms with van der Waals surface area (Å²) < 4.78 is 3.70. The van der Waals surface area contributed by atoms with Gasteiger partial charge in [-0.25, -0.2) is 9.97 Å². The number of nitrogens with zero attached hydrogens (tertiary/aromatic N) is 8. The molecular formula is C41H39N9O5. The molecule has 0 atom stereocenters. The summed E-state index contributed by atoms with van der Waals surface area (Å²) in [4.78, 5) is 82.5. The summed E-state index contributed by atoms with van der Waals surface area (Å²) in [6, 6.07) is 18.2. The van der Waals surface area contributed by atoms with Crippen LogP contribution in [0.25, 0.3) is 32.9 Å². The number of hydrogen-bond acceptors (Lipinski definition) is 9. The van der Waals surface area contributed by atoms with Crippen molar-refractivity contribution < 1.29 is 24.0 Å². The highest BCUT2D eigenvalue weighted by molar-refractivity contribution is 6.27. The van der Waals surface area contributed by atoms with E-state index in [2.05, 4.69) is 15.3 Å². The van der Waals surface area contributed by atoms with E-state index in [9.17, 15) is 24.0 Å². The van der Waals surface area contributed by atoms with Crippen LogP contribution in [-0.4, -0.2) is 128 Å². The van der Waals surface area contributed by atoms with E-state index in [1.807, 2.05) is 69.9 Å². The molecule has 55 heavy (non-hydrogen) atoms. The third-order valence-corrected chi connectivity index (χ3v) is 10.5. The maximum atomic E-state index is 13.8. The first-order valence-electron chi connectivity index (χ1n) is 18.2. The molecule has 14 heteroatoms. The molecule has 0 fully saturated rings. The first-order valence-corrected chi connectivity index (χ1v) is 18.2. The van der Waals surface area contributed by atoms with Crippen LogP contribution < -0.4 is 5.32 Å². The largest absolute Gasteiger partial charge is 0.340 e. The molecule has 2 aliphatic heterocycles. The summed E-state index contributed by atoms with van der Waals surface area (Å²) in [5.41, 5.74) is 3.51. The average Bonchev–Trinajstić information content (AvgIpc) is 3.94. The van der Waals surface area contributed by atoms with Crippen LogP contribution in [0, 0.1) is 0 Å². The number of aromatic nitrogens is 4. The summed E-state index contributed by atoms with van der Waals surface area (Å²) in [7, 11) is 3.60. The van der Waals surface area contributed by atoms with Crippen molar-refractivity contribution in [1.29, 1.82) is 0 Å². The van der Waals surface area contributed by atoms with E-state index in [4.69, 9.17) is 0 Å². The third kappa shape index (κ3) is 6.34. The van der Waals surface area contributed by atoms with Gasteiger partial charge in [-0.05, 0) is 63.5 Å². The van der Waals surface area contributed by atoms with Crippen LogP contribution in [0.5, 0.6) is 0 Å². The fraction of sp³-hybridized carbons (Fsp3) is 0.244. The Kier molecular flexibility index (Phi) is 9.51. The van der Waals surface area contributed by atoms with Gasteiger partial charge in [0, 0.05) is 101 Å². The molecular weight excluding hydrogens is 699 g/mol. The molecule has 2 aliphatic rings. The number of carbonyl (C=O) groups excluding carboxylic acids is 5. The SMILES string of the molecule is CNCC(=O)N(CCCN(C)CCN1C(=O)c2cccc3c(-n4ccnc4)ccc(c23)C1=O)CCN1C(=O)c2cccc3c(-n4ccnc4)ccc(c23)C1=O. The Morgan fingerprint density at radius 1 is 0.636 bits per heavy atom. The van der Waals surface area contributed by atoms with Gasteiger partial charge in [0.15, 0.2) is 0 Å². The predicted octanol–water partition coefficient (Wildman–Crippen LogP) is 3.63. The van der Waals surface area contributed by atoms with Crippen molar-refractivity contribution in [2.75, 3.05) is 59.9 Å². The van der Waals surface area contributed by atoms with Crippen molar-refractivity contribution in [3.63, 3.8) is 0 Å². The van der Waals surface area contributed by atoms with Gasteiger partial charge in [0.05, 0.1) is 30.6 Å². The molecule has 0 bridgehead atoms. The molecule has 0 saturated heterocycles. The van der Waals surface area contributed by atoms with Gasteiger partial charge in [-0.1, -0.05) is 24.3 Å². The molecule has 2 aromatic heterocycles. The van der Waals surface area contributed by atoms with Crippen LogP contribution in [-0.2, 0) is 4.79 Å². The van der Waals surface area contributed by atoms with E-state index < -0.39 is 11.8 Å². The Bertz CT molecular complexity index is 2430. The maximum Gasteiger partial charge on any atom is 0.261 e. The van der Waals surface area contributed by atoms with E-state index >= 15 is 0 Å². The van der Waals surface area contributed by atoms with Crippen LogP contribution in [0.3, 0.4) is 0 Å². The second-order valence-electron chi connectivity index (χ2n) is 13.8. The van der Waals surface area contributed by atoms with Crippen LogP contribution in [0.15, 0.2) is 98.1 Å². The van der Waals surface area contributed by atoms with E-state index in [1.54, 1.807) is 61.3 Å². The lowest BCUT2D eigenvalue weighted by Crippen LogP contribution is -2.47. The number of hydrogen-bond donors (Lipinski definition) is 1. The molecule has 5 amide bonds. The predicted molar refractivity (Wildman–Crippen MR) is 205 cm³/mol. The molecule has 4 heterocycles. The zero-order valence-corrected chi connectivity index (χ0v) is 30.5. The van der Waals surface area contributed by atoms with Crippen LogP contribution in [0.4, 0.5) is 0 Å². The van der Waals surface area contributed by atoms with Crippen LogP contribution in [0.1, 0.15) is 47.9 Å². The minimum Gasteiger partial charge on any atom is -0.340 e.